The molecule has 18 heavy (non-hydrogen) atoms. The molecule has 1 amide bonds. The van der Waals surface area contributed by atoms with Crippen LogP contribution in [0.5, 0.6) is 0 Å². The number of carbonyl (C=O) groups excluding carboxylic acids is 1. The Labute approximate surface area is 112 Å². The SMILES string of the molecule is Cc1nnc(SCc2ccc(C(=O)NN)cn2)s1. The second kappa shape index (κ2) is 5.89. The Morgan fingerprint density at radius 1 is 1.50 bits per heavy atom. The third-order valence-corrected chi connectivity index (χ3v) is 4.07. The first-order valence-corrected chi connectivity index (χ1v) is 6.88. The van der Waals surface area contributed by atoms with Gasteiger partial charge in [0.15, 0.2) is 4.34 Å². The van der Waals surface area contributed by atoms with Crippen molar-refractivity contribution in [1.82, 2.24) is 20.6 Å². The number of hydrogen-bond acceptors (Lipinski definition) is 7. The molecule has 6 nitrogen and oxygen atoms in total. The molecule has 8 heteroatoms. The number of amides is 1. The smallest absolute Gasteiger partial charge is 0.266 e. The molecule has 0 aliphatic heterocycles. The van der Waals surface area contributed by atoms with Crippen LogP contribution in [0.4, 0.5) is 0 Å². The Kier molecular flexibility index (Phi) is 4.24. The number of aryl methyl sites for hydroxylation is 1. The molecule has 94 valence electrons. The van der Waals surface area contributed by atoms with Gasteiger partial charge in [0, 0.05) is 11.9 Å². The minimum absolute atomic E-state index is 0.346. The number of nitrogens with one attached hydrogen (secondary N) is 1. The summed E-state index contributed by atoms with van der Waals surface area (Å²) in [4.78, 5) is 15.4. The fourth-order valence-electron chi connectivity index (χ4n) is 1.20. The second-order valence-corrected chi connectivity index (χ2v) is 5.79. The van der Waals surface area contributed by atoms with Crippen LogP contribution < -0.4 is 11.3 Å². The lowest BCUT2D eigenvalue weighted by Gasteiger charge is -2.01. The summed E-state index contributed by atoms with van der Waals surface area (Å²) >= 11 is 3.12. The summed E-state index contributed by atoms with van der Waals surface area (Å²) in [5.41, 5.74) is 3.38. The Hall–Kier alpha value is -1.51. The molecule has 0 bridgehead atoms. The van der Waals surface area contributed by atoms with Crippen LogP contribution in [0, 0.1) is 6.92 Å². The van der Waals surface area contributed by atoms with Crippen molar-refractivity contribution in [2.75, 3.05) is 0 Å². The molecule has 0 saturated carbocycles. The number of thioether (sulfide) groups is 1. The van der Waals surface area contributed by atoms with Crippen molar-refractivity contribution in [2.24, 2.45) is 5.84 Å². The highest BCUT2D eigenvalue weighted by Gasteiger charge is 2.05. The standard InChI is InChI=1S/C10H11N5OS2/c1-6-14-15-10(18-6)17-5-8-3-2-7(4-12-8)9(16)13-11/h2-4H,5,11H2,1H3,(H,13,16). The normalized spacial score (nSPS) is 10.3. The molecular weight excluding hydrogens is 270 g/mol. The molecule has 0 aliphatic carbocycles. The highest BCUT2D eigenvalue weighted by atomic mass is 32.2. The van der Waals surface area contributed by atoms with Gasteiger partial charge in [0.1, 0.15) is 5.01 Å². The zero-order chi connectivity index (χ0) is 13.0. The molecule has 0 unspecified atom stereocenters. The maximum absolute atomic E-state index is 11.2. The maximum Gasteiger partial charge on any atom is 0.266 e. The van der Waals surface area contributed by atoms with E-state index in [1.165, 1.54) is 6.20 Å². The van der Waals surface area contributed by atoms with E-state index in [9.17, 15) is 4.79 Å². The van der Waals surface area contributed by atoms with Gasteiger partial charge in [-0.25, -0.2) is 5.84 Å². The van der Waals surface area contributed by atoms with E-state index in [0.717, 1.165) is 15.0 Å². The van der Waals surface area contributed by atoms with Gasteiger partial charge < -0.3 is 0 Å². The Morgan fingerprint density at radius 2 is 2.33 bits per heavy atom. The van der Waals surface area contributed by atoms with Crippen LogP contribution in [0.25, 0.3) is 0 Å². The lowest BCUT2D eigenvalue weighted by Crippen LogP contribution is -2.30. The highest BCUT2D eigenvalue weighted by molar-refractivity contribution is 8.00. The number of nitrogen functional groups attached to an aromatic ring is 1. The summed E-state index contributed by atoms with van der Waals surface area (Å²) in [6.45, 7) is 1.92. The number of hydrazine groups is 1. The van der Waals surface area contributed by atoms with E-state index >= 15 is 0 Å². The van der Waals surface area contributed by atoms with Gasteiger partial charge in [0.05, 0.1) is 11.3 Å². The van der Waals surface area contributed by atoms with E-state index in [0.29, 0.717) is 11.3 Å². The molecule has 2 aromatic heterocycles. The molecule has 0 atom stereocenters. The van der Waals surface area contributed by atoms with Crippen molar-refractivity contribution < 1.29 is 4.79 Å². The fourth-order valence-corrected chi connectivity index (χ4v) is 2.93. The summed E-state index contributed by atoms with van der Waals surface area (Å²) in [7, 11) is 0. The van der Waals surface area contributed by atoms with Crippen LogP contribution in [0.3, 0.4) is 0 Å². The monoisotopic (exact) mass is 281 g/mol. The number of rotatable bonds is 4. The van der Waals surface area contributed by atoms with Gasteiger partial charge in [-0.1, -0.05) is 23.1 Å². The summed E-state index contributed by atoms with van der Waals surface area (Å²) in [6.07, 6.45) is 1.50. The predicted octanol–water partition coefficient (Wildman–Crippen LogP) is 1.14. The maximum atomic E-state index is 11.2. The number of pyridine rings is 1. The topological polar surface area (TPSA) is 93.8 Å². The summed E-state index contributed by atoms with van der Waals surface area (Å²) < 4.78 is 0.915. The molecule has 2 rings (SSSR count). The summed E-state index contributed by atoms with van der Waals surface area (Å²) in [6, 6.07) is 3.49. The van der Waals surface area contributed by atoms with Crippen LogP contribution in [-0.2, 0) is 5.75 Å². The van der Waals surface area contributed by atoms with Crippen molar-refractivity contribution in [3.8, 4) is 0 Å². The minimum atomic E-state index is -0.346. The van der Waals surface area contributed by atoms with Gasteiger partial charge >= 0.3 is 0 Å². The lowest BCUT2D eigenvalue weighted by atomic mass is 10.2. The Balaban J connectivity index is 1.96. The predicted molar refractivity (Wildman–Crippen MR) is 70.1 cm³/mol. The van der Waals surface area contributed by atoms with Crippen molar-refractivity contribution in [1.29, 1.82) is 0 Å². The van der Waals surface area contributed by atoms with E-state index in [1.807, 2.05) is 6.92 Å². The zero-order valence-electron chi connectivity index (χ0n) is 9.58. The van der Waals surface area contributed by atoms with Crippen LogP contribution in [0.1, 0.15) is 21.1 Å². The van der Waals surface area contributed by atoms with Gasteiger partial charge in [0.25, 0.3) is 5.91 Å². The van der Waals surface area contributed by atoms with Gasteiger partial charge in [-0.05, 0) is 19.1 Å². The van der Waals surface area contributed by atoms with Crippen molar-refractivity contribution in [3.05, 3.63) is 34.6 Å². The second-order valence-electron chi connectivity index (χ2n) is 3.39. The van der Waals surface area contributed by atoms with Gasteiger partial charge in [0.2, 0.25) is 0 Å². The molecule has 3 N–H and O–H groups in total. The third kappa shape index (κ3) is 3.25. The van der Waals surface area contributed by atoms with Gasteiger partial charge in [-0.3, -0.25) is 15.2 Å². The van der Waals surface area contributed by atoms with E-state index in [-0.39, 0.29) is 5.91 Å². The summed E-state index contributed by atoms with van der Waals surface area (Å²) in [5, 5.41) is 8.90. The number of aromatic nitrogens is 3. The Morgan fingerprint density at radius 3 is 2.89 bits per heavy atom. The van der Waals surface area contributed by atoms with Crippen LogP contribution in [0.2, 0.25) is 0 Å². The highest BCUT2D eigenvalue weighted by Crippen LogP contribution is 2.24. The first-order chi connectivity index (χ1) is 8.69. The van der Waals surface area contributed by atoms with Crippen LogP contribution >= 0.6 is 23.1 Å². The third-order valence-electron chi connectivity index (χ3n) is 2.07. The molecule has 0 radical (unpaired) electrons. The Bertz CT molecular complexity index is 539. The molecular formula is C10H11N5OS2. The van der Waals surface area contributed by atoms with E-state index in [1.54, 1.807) is 35.2 Å². The van der Waals surface area contributed by atoms with E-state index in [2.05, 4.69) is 20.6 Å². The first-order valence-electron chi connectivity index (χ1n) is 5.08. The number of carbonyl (C=O) groups is 1. The zero-order valence-corrected chi connectivity index (χ0v) is 11.2. The molecule has 0 spiro atoms. The first kappa shape index (κ1) is 12.9. The quantitative estimate of drug-likeness (QED) is 0.378. The average Bonchev–Trinajstić information content (AvgIpc) is 2.82. The molecule has 0 fully saturated rings. The molecule has 2 heterocycles. The molecule has 0 aromatic carbocycles. The fraction of sp³-hybridized carbons (Fsp3) is 0.200. The summed E-state index contributed by atoms with van der Waals surface area (Å²) in [5.74, 6) is 5.38. The van der Waals surface area contributed by atoms with Crippen molar-refractivity contribution >= 4 is 29.0 Å². The lowest BCUT2D eigenvalue weighted by molar-refractivity contribution is 0.0953. The minimum Gasteiger partial charge on any atom is -0.290 e. The number of nitrogens with two attached hydrogens (primary N) is 1. The average molecular weight is 281 g/mol. The van der Waals surface area contributed by atoms with Crippen molar-refractivity contribution in [3.63, 3.8) is 0 Å². The van der Waals surface area contributed by atoms with E-state index in [4.69, 9.17) is 5.84 Å². The van der Waals surface area contributed by atoms with Gasteiger partial charge in [-0.15, -0.1) is 10.2 Å². The molecule has 0 aliphatic rings. The van der Waals surface area contributed by atoms with Crippen molar-refractivity contribution in [2.45, 2.75) is 17.0 Å². The van der Waals surface area contributed by atoms with E-state index < -0.39 is 0 Å². The van der Waals surface area contributed by atoms with Crippen LogP contribution in [-0.4, -0.2) is 21.1 Å². The largest absolute Gasteiger partial charge is 0.290 e. The van der Waals surface area contributed by atoms with Gasteiger partial charge in [-0.2, -0.15) is 0 Å². The van der Waals surface area contributed by atoms with Crippen LogP contribution in [0.15, 0.2) is 22.7 Å². The molecule has 0 saturated heterocycles. The number of nitrogens with zero attached hydrogens (tertiary/aromatic N) is 3. The number of hydrogen-bond donors (Lipinski definition) is 2. The molecule has 2 aromatic rings.